The fourth-order valence-corrected chi connectivity index (χ4v) is 5.26. The highest BCUT2D eigenvalue weighted by Gasteiger charge is 3.01. The molecule has 0 radical (unpaired) electrons. The highest BCUT2D eigenvalue weighted by atomic mass is 32.2. The number of halogens is 8. The van der Waals surface area contributed by atoms with Crippen molar-refractivity contribution in [3.05, 3.63) is 0 Å². The molecule has 4 N–H and O–H groups in total. The lowest BCUT2D eigenvalue weighted by atomic mass is 9.88. The monoisotopic (exact) mass is 536 g/mol. The predicted octanol–water partition coefficient (Wildman–Crippen LogP) is -0.105. The van der Waals surface area contributed by atoms with Crippen LogP contribution in [0.15, 0.2) is 0 Å². The topological polar surface area (TPSA) is 217 Å². The minimum absolute atomic E-state index is 8.16. The zero-order valence-electron chi connectivity index (χ0n) is 12.2. The third-order valence-corrected chi connectivity index (χ3v) is 6.86. The van der Waals surface area contributed by atoms with Crippen LogP contribution >= 0.6 is 0 Å². The van der Waals surface area contributed by atoms with Crippen LogP contribution in [0.4, 0.5) is 35.1 Å². The van der Waals surface area contributed by atoms with Crippen LogP contribution in [0.1, 0.15) is 0 Å². The number of hydrogen-bond donors (Lipinski definition) is 4. The highest BCUT2D eigenvalue weighted by molar-refractivity contribution is 7.90. The van der Waals surface area contributed by atoms with Crippen LogP contribution in [0.5, 0.6) is 0 Å². The first-order chi connectivity index (χ1) is 12.0. The van der Waals surface area contributed by atoms with Gasteiger partial charge in [-0.15, -0.1) is 0 Å². The largest absolute Gasteiger partial charge is 0.396 e. The van der Waals surface area contributed by atoms with E-state index in [1.807, 2.05) is 0 Å². The molecule has 29 heavy (non-hydrogen) atoms. The van der Waals surface area contributed by atoms with Gasteiger partial charge in [-0.3, -0.25) is 18.2 Å². The van der Waals surface area contributed by atoms with Gasteiger partial charge in [0.25, 0.3) is 5.41 Å². The Morgan fingerprint density at radius 3 is 0.552 bits per heavy atom. The molecule has 0 aromatic rings. The number of rotatable bonds is 8. The summed E-state index contributed by atoms with van der Waals surface area (Å²) in [7, 11) is -33.2. The molecule has 0 heterocycles. The predicted molar refractivity (Wildman–Crippen MR) is 68.4 cm³/mol. The molecule has 0 amide bonds. The molecular formula is C5H4F8O12S4. The van der Waals surface area contributed by atoms with Gasteiger partial charge < -0.3 is 0 Å². The molecule has 0 aromatic carbocycles. The van der Waals surface area contributed by atoms with Crippen molar-refractivity contribution in [2.45, 2.75) is 21.0 Å². The van der Waals surface area contributed by atoms with Crippen LogP contribution in [0.3, 0.4) is 0 Å². The Kier molecular flexibility index (Phi) is 6.33. The lowest BCUT2D eigenvalue weighted by Gasteiger charge is -2.46. The molecule has 0 aliphatic rings. The van der Waals surface area contributed by atoms with E-state index < -0.39 is 66.9 Å². The lowest BCUT2D eigenvalue weighted by molar-refractivity contribution is -0.307. The molecule has 0 aliphatic heterocycles. The molecule has 0 unspecified atom stereocenters. The maximum Gasteiger partial charge on any atom is 0.396 e. The summed E-state index contributed by atoms with van der Waals surface area (Å²) >= 11 is 0. The summed E-state index contributed by atoms with van der Waals surface area (Å²) in [5, 5.41) is -33.1. The quantitative estimate of drug-likeness (QED) is 0.236. The summed E-state index contributed by atoms with van der Waals surface area (Å²) in [6, 6.07) is 0. The molecule has 0 spiro atoms. The second kappa shape index (κ2) is 6.54. The van der Waals surface area contributed by atoms with E-state index in [0.29, 0.717) is 0 Å². The Labute approximate surface area is 154 Å². The van der Waals surface area contributed by atoms with Crippen molar-refractivity contribution in [1.82, 2.24) is 0 Å². The van der Waals surface area contributed by atoms with E-state index in [2.05, 4.69) is 0 Å². The molecular weight excluding hydrogens is 532 g/mol. The molecule has 176 valence electrons. The fourth-order valence-electron chi connectivity index (χ4n) is 1.79. The Balaban J connectivity index is 8.77. The highest BCUT2D eigenvalue weighted by Crippen LogP contribution is 2.69. The van der Waals surface area contributed by atoms with Crippen LogP contribution in [0.2, 0.25) is 0 Å². The molecule has 24 heteroatoms. The molecule has 0 aromatic heterocycles. The minimum Gasteiger partial charge on any atom is -0.281 e. The van der Waals surface area contributed by atoms with Gasteiger partial charge in [0.2, 0.25) is 0 Å². The van der Waals surface area contributed by atoms with Crippen molar-refractivity contribution in [2.75, 3.05) is 0 Å². The van der Waals surface area contributed by atoms with Crippen LogP contribution in [0, 0.1) is 5.41 Å². The van der Waals surface area contributed by atoms with Crippen molar-refractivity contribution in [3.8, 4) is 0 Å². The van der Waals surface area contributed by atoms with Crippen molar-refractivity contribution >= 4 is 40.5 Å². The summed E-state index contributed by atoms with van der Waals surface area (Å²) in [5.74, 6) is 0. The first kappa shape index (κ1) is 28.1. The first-order valence-electron chi connectivity index (χ1n) is 5.39. The molecule has 0 bridgehead atoms. The van der Waals surface area contributed by atoms with Crippen molar-refractivity contribution in [2.24, 2.45) is 5.41 Å². The van der Waals surface area contributed by atoms with E-state index in [9.17, 15) is 68.8 Å². The van der Waals surface area contributed by atoms with Gasteiger partial charge in [-0.25, -0.2) is 0 Å². The van der Waals surface area contributed by atoms with Crippen LogP contribution < -0.4 is 0 Å². The Bertz CT molecular complexity index is 919. The molecule has 0 saturated heterocycles. The Morgan fingerprint density at radius 2 is 0.483 bits per heavy atom. The smallest absolute Gasteiger partial charge is 0.281 e. The van der Waals surface area contributed by atoms with Gasteiger partial charge >= 0.3 is 61.5 Å². The van der Waals surface area contributed by atoms with E-state index in [-0.39, 0.29) is 0 Å². The van der Waals surface area contributed by atoms with Crippen molar-refractivity contribution < 1.29 is 87.0 Å². The first-order valence-corrected chi connectivity index (χ1v) is 11.2. The van der Waals surface area contributed by atoms with Crippen molar-refractivity contribution in [1.29, 1.82) is 0 Å². The van der Waals surface area contributed by atoms with E-state index in [1.54, 1.807) is 0 Å². The van der Waals surface area contributed by atoms with E-state index >= 15 is 0 Å². The molecule has 12 nitrogen and oxygen atoms in total. The van der Waals surface area contributed by atoms with Crippen LogP contribution in [-0.2, 0) is 40.5 Å². The van der Waals surface area contributed by atoms with Gasteiger partial charge in [0.15, 0.2) is 0 Å². The van der Waals surface area contributed by atoms with Gasteiger partial charge in [0, 0.05) is 0 Å². The number of hydrogen-bond acceptors (Lipinski definition) is 8. The Hall–Kier alpha value is -0.920. The normalized spacial score (nSPS) is 16.7. The summed E-state index contributed by atoms with van der Waals surface area (Å²) in [5.41, 5.74) is -8.66. The van der Waals surface area contributed by atoms with Gasteiger partial charge in [-0.05, 0) is 0 Å². The average Bonchev–Trinajstić information content (AvgIpc) is 2.31. The van der Waals surface area contributed by atoms with E-state index in [0.717, 1.165) is 0 Å². The standard InChI is InChI=1S/C5H4F8O12S4/c6-2(7,26(14,15)16)1(3(8,9)27(17,18)19,4(10,11)28(20,21)22)5(12,13)29(23,24)25/h(H,14,15,16)(H,17,18,19)(H,20,21,22)(H,23,24,25). The van der Waals surface area contributed by atoms with Crippen LogP contribution in [0.25, 0.3) is 0 Å². The summed E-state index contributed by atoms with van der Waals surface area (Å²) in [4.78, 5) is 0. The molecule has 0 atom stereocenters. The van der Waals surface area contributed by atoms with Crippen LogP contribution in [-0.4, -0.2) is 72.9 Å². The molecule has 0 saturated carbocycles. The summed E-state index contributed by atoms with van der Waals surface area (Å²) in [6.07, 6.45) is 0. The summed E-state index contributed by atoms with van der Waals surface area (Å²) in [6.45, 7) is 0. The molecule has 0 rings (SSSR count). The van der Waals surface area contributed by atoms with Gasteiger partial charge in [0.1, 0.15) is 0 Å². The SMILES string of the molecule is O=S(=O)(O)C(F)(F)C(C(F)(F)S(=O)(=O)O)(C(F)(F)S(=O)(=O)O)C(F)(F)S(=O)(=O)O. The van der Waals surface area contributed by atoms with E-state index in [1.165, 1.54) is 0 Å². The second-order valence-electron chi connectivity index (χ2n) is 4.72. The zero-order chi connectivity index (χ0) is 24.5. The van der Waals surface area contributed by atoms with E-state index in [4.69, 9.17) is 18.2 Å². The minimum atomic E-state index is -8.66. The second-order valence-corrected chi connectivity index (χ2v) is 10.6. The molecule has 0 aliphatic carbocycles. The van der Waals surface area contributed by atoms with Gasteiger partial charge in [-0.2, -0.15) is 68.8 Å². The average molecular weight is 536 g/mol. The maximum atomic E-state index is 13.9. The number of alkyl halides is 8. The van der Waals surface area contributed by atoms with Crippen molar-refractivity contribution in [3.63, 3.8) is 0 Å². The third kappa shape index (κ3) is 3.37. The third-order valence-electron chi connectivity index (χ3n) is 3.04. The van der Waals surface area contributed by atoms with Gasteiger partial charge in [-0.1, -0.05) is 0 Å². The fraction of sp³-hybridized carbons (Fsp3) is 1.00. The van der Waals surface area contributed by atoms with Gasteiger partial charge in [0.05, 0.1) is 0 Å². The zero-order valence-corrected chi connectivity index (χ0v) is 15.5. The Morgan fingerprint density at radius 1 is 0.379 bits per heavy atom. The lowest BCUT2D eigenvalue weighted by Crippen LogP contribution is -2.78. The maximum absolute atomic E-state index is 13.9. The molecule has 0 fully saturated rings. The summed E-state index contributed by atoms with van der Waals surface area (Å²) < 4.78 is 229.